The van der Waals surface area contributed by atoms with E-state index < -0.39 is 10.0 Å². The number of aryl methyl sites for hydroxylation is 1. The molecule has 28 heavy (non-hydrogen) atoms. The van der Waals surface area contributed by atoms with Gasteiger partial charge in [0.15, 0.2) is 0 Å². The molecule has 0 fully saturated rings. The van der Waals surface area contributed by atoms with Crippen LogP contribution in [0.1, 0.15) is 49.8 Å². The SMILES string of the molecule is CCOc1ccc(C(C)NC(=O)c2cc(S(=O)(=O)N(CC)CC)cn2C)cc1. The molecule has 0 aliphatic rings. The maximum Gasteiger partial charge on any atom is 0.268 e. The van der Waals surface area contributed by atoms with Gasteiger partial charge in [-0.1, -0.05) is 26.0 Å². The number of ether oxygens (including phenoxy) is 1. The molecule has 8 heteroatoms. The van der Waals surface area contributed by atoms with Crippen molar-refractivity contribution in [1.82, 2.24) is 14.2 Å². The molecular weight excluding hydrogens is 378 g/mol. The molecule has 0 saturated carbocycles. The number of carbonyl (C=O) groups excluding carboxylic acids is 1. The molecule has 0 bridgehead atoms. The Morgan fingerprint density at radius 1 is 1.18 bits per heavy atom. The van der Waals surface area contributed by atoms with Gasteiger partial charge >= 0.3 is 0 Å². The average Bonchev–Trinajstić information content (AvgIpc) is 3.06. The largest absolute Gasteiger partial charge is 0.494 e. The molecule has 0 spiro atoms. The summed E-state index contributed by atoms with van der Waals surface area (Å²) in [4.78, 5) is 12.8. The summed E-state index contributed by atoms with van der Waals surface area (Å²) in [6, 6.07) is 8.71. The molecule has 2 aromatic rings. The number of sulfonamides is 1. The van der Waals surface area contributed by atoms with E-state index in [0.29, 0.717) is 25.4 Å². The first-order valence-electron chi connectivity index (χ1n) is 9.44. The highest BCUT2D eigenvalue weighted by molar-refractivity contribution is 7.89. The Morgan fingerprint density at radius 2 is 1.79 bits per heavy atom. The minimum atomic E-state index is -3.61. The molecule has 1 atom stereocenters. The zero-order valence-electron chi connectivity index (χ0n) is 17.1. The number of benzene rings is 1. The topological polar surface area (TPSA) is 80.6 Å². The third-order valence-electron chi connectivity index (χ3n) is 4.59. The zero-order chi connectivity index (χ0) is 20.9. The highest BCUT2D eigenvalue weighted by atomic mass is 32.2. The second-order valence-corrected chi connectivity index (χ2v) is 8.40. The van der Waals surface area contributed by atoms with Crippen molar-refractivity contribution in [2.75, 3.05) is 19.7 Å². The second-order valence-electron chi connectivity index (χ2n) is 6.46. The summed E-state index contributed by atoms with van der Waals surface area (Å²) < 4.78 is 33.7. The monoisotopic (exact) mass is 407 g/mol. The maximum absolute atomic E-state index is 12.7. The van der Waals surface area contributed by atoms with E-state index in [0.717, 1.165) is 11.3 Å². The Hall–Kier alpha value is -2.32. The fourth-order valence-corrected chi connectivity index (χ4v) is 4.52. The first kappa shape index (κ1) is 22.0. The molecule has 1 amide bonds. The number of carbonyl (C=O) groups is 1. The second kappa shape index (κ2) is 9.25. The fourth-order valence-electron chi connectivity index (χ4n) is 2.99. The molecule has 0 aliphatic carbocycles. The van der Waals surface area contributed by atoms with Crippen LogP contribution in [0, 0.1) is 0 Å². The summed E-state index contributed by atoms with van der Waals surface area (Å²) in [6.07, 6.45) is 1.48. The maximum atomic E-state index is 12.7. The minimum absolute atomic E-state index is 0.123. The van der Waals surface area contributed by atoms with Crippen molar-refractivity contribution in [2.24, 2.45) is 7.05 Å². The zero-order valence-corrected chi connectivity index (χ0v) is 17.9. The summed E-state index contributed by atoms with van der Waals surface area (Å²) in [5.41, 5.74) is 1.23. The molecule has 1 aromatic carbocycles. The third kappa shape index (κ3) is 4.74. The number of amides is 1. The Balaban J connectivity index is 2.17. The number of hydrogen-bond donors (Lipinski definition) is 1. The van der Waals surface area contributed by atoms with Crippen LogP contribution in [0.4, 0.5) is 0 Å². The highest BCUT2D eigenvalue weighted by Gasteiger charge is 2.25. The van der Waals surface area contributed by atoms with Crippen LogP contribution in [0.5, 0.6) is 5.75 Å². The lowest BCUT2D eigenvalue weighted by molar-refractivity contribution is 0.0931. The lowest BCUT2D eigenvalue weighted by Crippen LogP contribution is -2.30. The van der Waals surface area contributed by atoms with Crippen molar-refractivity contribution in [3.63, 3.8) is 0 Å². The molecule has 154 valence electrons. The van der Waals surface area contributed by atoms with Gasteiger partial charge in [-0.05, 0) is 37.6 Å². The van der Waals surface area contributed by atoms with Gasteiger partial charge in [0.05, 0.1) is 12.6 Å². The standard InChI is InChI=1S/C20H29N3O4S/c1-6-23(7-2)28(25,26)18-13-19(22(5)14-18)20(24)21-15(4)16-9-11-17(12-10-16)27-8-3/h9-15H,6-8H2,1-5H3,(H,21,24). The molecule has 7 nitrogen and oxygen atoms in total. The first-order chi connectivity index (χ1) is 13.2. The van der Waals surface area contributed by atoms with Crippen LogP contribution < -0.4 is 10.1 Å². The van der Waals surface area contributed by atoms with Gasteiger partial charge in [0.2, 0.25) is 10.0 Å². The molecule has 0 saturated heterocycles. The normalized spacial score (nSPS) is 12.8. The van der Waals surface area contributed by atoms with Crippen LogP contribution >= 0.6 is 0 Å². The van der Waals surface area contributed by atoms with Crippen LogP contribution in [0.15, 0.2) is 41.4 Å². The van der Waals surface area contributed by atoms with Gasteiger partial charge in [-0.15, -0.1) is 0 Å². The quantitative estimate of drug-likeness (QED) is 0.693. The Bertz CT molecular complexity index is 900. The van der Waals surface area contributed by atoms with E-state index in [-0.39, 0.29) is 16.8 Å². The smallest absolute Gasteiger partial charge is 0.268 e. The molecule has 1 aromatic heterocycles. The van der Waals surface area contributed by atoms with Crippen molar-refractivity contribution >= 4 is 15.9 Å². The van der Waals surface area contributed by atoms with E-state index in [2.05, 4.69) is 5.32 Å². The average molecular weight is 408 g/mol. The Morgan fingerprint density at radius 3 is 2.32 bits per heavy atom. The summed E-state index contributed by atoms with van der Waals surface area (Å²) >= 11 is 0. The molecular formula is C20H29N3O4S. The van der Waals surface area contributed by atoms with E-state index in [1.807, 2.05) is 38.1 Å². The summed E-state index contributed by atoms with van der Waals surface area (Å²) in [5.74, 6) is 0.448. The molecule has 2 rings (SSSR count). The van der Waals surface area contributed by atoms with Crippen LogP contribution in [-0.4, -0.2) is 42.9 Å². The summed E-state index contributed by atoms with van der Waals surface area (Å²) in [6.45, 7) is 8.73. The Labute approximate surface area is 167 Å². The number of nitrogens with zero attached hydrogens (tertiary/aromatic N) is 2. The number of hydrogen-bond acceptors (Lipinski definition) is 4. The highest BCUT2D eigenvalue weighted by Crippen LogP contribution is 2.21. The third-order valence-corrected chi connectivity index (χ3v) is 6.61. The van der Waals surface area contributed by atoms with E-state index in [4.69, 9.17) is 4.74 Å². The summed E-state index contributed by atoms with van der Waals surface area (Å²) in [7, 11) is -1.94. The van der Waals surface area contributed by atoms with Gasteiger partial charge in [-0.25, -0.2) is 8.42 Å². The number of aromatic nitrogens is 1. The van der Waals surface area contributed by atoms with Crippen LogP contribution in [-0.2, 0) is 17.1 Å². The summed E-state index contributed by atoms with van der Waals surface area (Å²) in [5, 5.41) is 2.92. The van der Waals surface area contributed by atoms with E-state index in [1.54, 1.807) is 20.9 Å². The van der Waals surface area contributed by atoms with Gasteiger partial charge in [0.25, 0.3) is 5.91 Å². The lowest BCUT2D eigenvalue weighted by atomic mass is 10.1. The van der Waals surface area contributed by atoms with Crippen LogP contribution in [0.25, 0.3) is 0 Å². The van der Waals surface area contributed by atoms with Gasteiger partial charge in [0, 0.05) is 26.3 Å². The number of nitrogens with one attached hydrogen (secondary N) is 1. The van der Waals surface area contributed by atoms with Crippen molar-refractivity contribution in [1.29, 1.82) is 0 Å². The molecule has 1 heterocycles. The van der Waals surface area contributed by atoms with E-state index >= 15 is 0 Å². The van der Waals surface area contributed by atoms with Crippen molar-refractivity contribution < 1.29 is 17.9 Å². The fraction of sp³-hybridized carbons (Fsp3) is 0.450. The van der Waals surface area contributed by atoms with Gasteiger partial charge in [0.1, 0.15) is 16.3 Å². The van der Waals surface area contributed by atoms with Crippen molar-refractivity contribution in [3.05, 3.63) is 47.8 Å². The molecule has 1 N–H and O–H groups in total. The molecule has 0 aliphatic heterocycles. The van der Waals surface area contributed by atoms with Crippen molar-refractivity contribution in [3.8, 4) is 5.75 Å². The van der Waals surface area contributed by atoms with Gasteiger partial charge in [-0.2, -0.15) is 4.31 Å². The number of rotatable bonds is 9. The van der Waals surface area contributed by atoms with Crippen molar-refractivity contribution in [2.45, 2.75) is 38.6 Å². The van der Waals surface area contributed by atoms with E-state index in [1.165, 1.54) is 21.1 Å². The first-order valence-corrected chi connectivity index (χ1v) is 10.9. The molecule has 0 radical (unpaired) electrons. The molecule has 1 unspecified atom stereocenters. The van der Waals surface area contributed by atoms with Gasteiger partial charge < -0.3 is 14.6 Å². The van der Waals surface area contributed by atoms with Crippen LogP contribution in [0.3, 0.4) is 0 Å². The van der Waals surface area contributed by atoms with Crippen LogP contribution in [0.2, 0.25) is 0 Å². The van der Waals surface area contributed by atoms with Gasteiger partial charge in [-0.3, -0.25) is 4.79 Å². The minimum Gasteiger partial charge on any atom is -0.494 e. The van der Waals surface area contributed by atoms with E-state index in [9.17, 15) is 13.2 Å². The Kier molecular flexibility index (Phi) is 7.26. The predicted molar refractivity (Wildman–Crippen MR) is 109 cm³/mol. The lowest BCUT2D eigenvalue weighted by Gasteiger charge is -2.17. The predicted octanol–water partition coefficient (Wildman–Crippen LogP) is 2.95.